The number of anilines is 1. The van der Waals surface area contributed by atoms with Crippen molar-refractivity contribution in [3.05, 3.63) is 51.8 Å². The van der Waals surface area contributed by atoms with E-state index in [2.05, 4.69) is 40.2 Å². The standard InChI is InChI=1S/C19H22N2O/c1-13-12-17(14-4-5-14)18(20-19(13)22)15-6-8-16(9-7-15)21-10-2-3-11-21/h6-9,12,14H,2-5,10-11H2,1H3,(H,20,22). The summed E-state index contributed by atoms with van der Waals surface area (Å²) in [7, 11) is 0. The van der Waals surface area contributed by atoms with Gasteiger partial charge in [0.25, 0.3) is 5.56 Å². The molecule has 3 nitrogen and oxygen atoms in total. The molecule has 0 unspecified atom stereocenters. The van der Waals surface area contributed by atoms with Crippen LogP contribution in [0.1, 0.15) is 42.7 Å². The molecule has 1 saturated heterocycles. The van der Waals surface area contributed by atoms with Crippen molar-refractivity contribution >= 4 is 5.69 Å². The van der Waals surface area contributed by atoms with Crippen molar-refractivity contribution in [1.82, 2.24) is 4.98 Å². The van der Waals surface area contributed by atoms with E-state index in [0.29, 0.717) is 5.92 Å². The van der Waals surface area contributed by atoms with Crippen LogP contribution in [-0.2, 0) is 0 Å². The smallest absolute Gasteiger partial charge is 0.251 e. The number of hydrogen-bond donors (Lipinski definition) is 1. The van der Waals surface area contributed by atoms with Crippen LogP contribution in [0.15, 0.2) is 35.1 Å². The highest BCUT2D eigenvalue weighted by Crippen LogP contribution is 2.43. The van der Waals surface area contributed by atoms with Gasteiger partial charge >= 0.3 is 0 Å². The molecule has 114 valence electrons. The Bertz CT molecular complexity index is 735. The molecule has 1 aromatic carbocycles. The summed E-state index contributed by atoms with van der Waals surface area (Å²) in [6.45, 7) is 4.22. The van der Waals surface area contributed by atoms with Gasteiger partial charge in [0.05, 0.1) is 5.69 Å². The van der Waals surface area contributed by atoms with E-state index >= 15 is 0 Å². The first-order chi connectivity index (χ1) is 10.7. The molecule has 1 aliphatic heterocycles. The molecule has 2 aromatic rings. The highest BCUT2D eigenvalue weighted by atomic mass is 16.1. The van der Waals surface area contributed by atoms with Crippen LogP contribution in [0.25, 0.3) is 11.3 Å². The van der Waals surface area contributed by atoms with Gasteiger partial charge in [-0.3, -0.25) is 4.79 Å². The van der Waals surface area contributed by atoms with E-state index in [4.69, 9.17) is 0 Å². The van der Waals surface area contributed by atoms with Crippen LogP contribution in [0.5, 0.6) is 0 Å². The molecule has 0 bridgehead atoms. The van der Waals surface area contributed by atoms with Gasteiger partial charge in [-0.05, 0) is 67.9 Å². The fourth-order valence-corrected chi connectivity index (χ4v) is 3.42. The highest BCUT2D eigenvalue weighted by molar-refractivity contribution is 5.67. The molecule has 2 heterocycles. The molecule has 0 spiro atoms. The molecule has 4 rings (SSSR count). The van der Waals surface area contributed by atoms with Crippen LogP contribution in [0.3, 0.4) is 0 Å². The number of aryl methyl sites for hydroxylation is 1. The first kappa shape index (κ1) is 13.6. The van der Waals surface area contributed by atoms with Crippen LogP contribution < -0.4 is 10.5 Å². The first-order valence-electron chi connectivity index (χ1n) is 8.31. The van der Waals surface area contributed by atoms with Crippen LogP contribution in [0.2, 0.25) is 0 Å². The molecule has 2 fully saturated rings. The van der Waals surface area contributed by atoms with Gasteiger partial charge in [0.1, 0.15) is 0 Å². The lowest BCUT2D eigenvalue weighted by atomic mass is 10.0. The fraction of sp³-hybridized carbons (Fsp3) is 0.421. The van der Waals surface area contributed by atoms with E-state index in [-0.39, 0.29) is 5.56 Å². The van der Waals surface area contributed by atoms with Crippen molar-refractivity contribution in [2.45, 2.75) is 38.5 Å². The summed E-state index contributed by atoms with van der Waals surface area (Å²) in [5.41, 5.74) is 5.60. The molecule has 0 radical (unpaired) electrons. The zero-order valence-corrected chi connectivity index (χ0v) is 13.1. The lowest BCUT2D eigenvalue weighted by Gasteiger charge is -2.18. The normalized spacial score (nSPS) is 18.0. The molecule has 2 aliphatic rings. The van der Waals surface area contributed by atoms with Gasteiger partial charge in [-0.1, -0.05) is 12.1 Å². The summed E-state index contributed by atoms with van der Waals surface area (Å²) < 4.78 is 0. The van der Waals surface area contributed by atoms with Gasteiger partial charge in [-0.2, -0.15) is 0 Å². The second kappa shape index (κ2) is 5.31. The van der Waals surface area contributed by atoms with Crippen LogP contribution >= 0.6 is 0 Å². The van der Waals surface area contributed by atoms with Gasteiger partial charge in [0.15, 0.2) is 0 Å². The van der Waals surface area contributed by atoms with Crippen LogP contribution in [0, 0.1) is 6.92 Å². The van der Waals surface area contributed by atoms with Gasteiger partial charge < -0.3 is 9.88 Å². The Morgan fingerprint density at radius 2 is 1.77 bits per heavy atom. The maximum atomic E-state index is 12.0. The number of H-pyrrole nitrogens is 1. The van der Waals surface area contributed by atoms with E-state index < -0.39 is 0 Å². The zero-order chi connectivity index (χ0) is 15.1. The molecule has 0 atom stereocenters. The summed E-state index contributed by atoms with van der Waals surface area (Å²) in [5, 5.41) is 0. The number of nitrogens with one attached hydrogen (secondary N) is 1. The minimum Gasteiger partial charge on any atom is -0.372 e. The Labute approximate surface area is 131 Å². The topological polar surface area (TPSA) is 36.1 Å². The number of aromatic amines is 1. The van der Waals surface area contributed by atoms with Gasteiger partial charge in [0.2, 0.25) is 0 Å². The largest absolute Gasteiger partial charge is 0.372 e. The monoisotopic (exact) mass is 294 g/mol. The SMILES string of the molecule is Cc1cc(C2CC2)c(-c2ccc(N3CCCC3)cc2)[nH]c1=O. The molecular weight excluding hydrogens is 272 g/mol. The first-order valence-corrected chi connectivity index (χ1v) is 8.31. The minimum atomic E-state index is 0.0306. The zero-order valence-electron chi connectivity index (χ0n) is 13.1. The van der Waals surface area contributed by atoms with Crippen molar-refractivity contribution in [2.75, 3.05) is 18.0 Å². The number of pyridine rings is 1. The summed E-state index contributed by atoms with van der Waals surface area (Å²) in [6, 6.07) is 10.8. The van der Waals surface area contributed by atoms with E-state index in [1.807, 2.05) is 6.92 Å². The maximum Gasteiger partial charge on any atom is 0.251 e. The Morgan fingerprint density at radius 3 is 2.41 bits per heavy atom. The third kappa shape index (κ3) is 2.45. The molecule has 1 saturated carbocycles. The van der Waals surface area contributed by atoms with Crippen LogP contribution in [0.4, 0.5) is 5.69 Å². The predicted octanol–water partition coefficient (Wildman–Crippen LogP) is 3.83. The fourth-order valence-electron chi connectivity index (χ4n) is 3.42. The number of rotatable bonds is 3. The van der Waals surface area contributed by atoms with Crippen molar-refractivity contribution in [3.63, 3.8) is 0 Å². The molecule has 3 heteroatoms. The second-order valence-corrected chi connectivity index (χ2v) is 6.63. The lowest BCUT2D eigenvalue weighted by Crippen LogP contribution is -2.17. The molecule has 1 aromatic heterocycles. The van der Waals surface area contributed by atoms with Crippen molar-refractivity contribution in [2.24, 2.45) is 0 Å². The molecule has 1 aliphatic carbocycles. The van der Waals surface area contributed by atoms with Crippen molar-refractivity contribution < 1.29 is 0 Å². The number of aromatic nitrogens is 1. The van der Waals surface area contributed by atoms with Gasteiger partial charge in [-0.25, -0.2) is 0 Å². The lowest BCUT2D eigenvalue weighted by molar-refractivity contribution is 0.949. The minimum absolute atomic E-state index is 0.0306. The molecule has 1 N–H and O–H groups in total. The Hall–Kier alpha value is -2.03. The third-order valence-electron chi connectivity index (χ3n) is 4.90. The van der Waals surface area contributed by atoms with Crippen molar-refractivity contribution in [1.29, 1.82) is 0 Å². The molecule has 0 amide bonds. The van der Waals surface area contributed by atoms with E-state index in [1.54, 1.807) is 0 Å². The van der Waals surface area contributed by atoms with E-state index in [0.717, 1.165) is 29.9 Å². The summed E-state index contributed by atoms with van der Waals surface area (Å²) >= 11 is 0. The Balaban J connectivity index is 1.72. The average Bonchev–Trinajstić information content (AvgIpc) is 3.24. The van der Waals surface area contributed by atoms with E-state index in [1.165, 1.54) is 36.9 Å². The quantitative estimate of drug-likeness (QED) is 0.934. The average molecular weight is 294 g/mol. The number of benzene rings is 1. The number of nitrogens with zero attached hydrogens (tertiary/aromatic N) is 1. The highest BCUT2D eigenvalue weighted by Gasteiger charge is 2.27. The number of hydrogen-bond acceptors (Lipinski definition) is 2. The predicted molar refractivity (Wildman–Crippen MR) is 90.7 cm³/mol. The third-order valence-corrected chi connectivity index (χ3v) is 4.90. The molecule has 22 heavy (non-hydrogen) atoms. The Morgan fingerprint density at radius 1 is 1.09 bits per heavy atom. The summed E-state index contributed by atoms with van der Waals surface area (Å²) in [5.74, 6) is 0.629. The second-order valence-electron chi connectivity index (χ2n) is 6.63. The summed E-state index contributed by atoms with van der Waals surface area (Å²) in [6.07, 6.45) is 5.06. The maximum absolute atomic E-state index is 12.0. The molecular formula is C19H22N2O. The van der Waals surface area contributed by atoms with E-state index in [9.17, 15) is 4.79 Å². The Kier molecular flexibility index (Phi) is 3.29. The van der Waals surface area contributed by atoms with Gasteiger partial charge in [-0.15, -0.1) is 0 Å². The van der Waals surface area contributed by atoms with Gasteiger partial charge in [0, 0.05) is 24.3 Å². The van der Waals surface area contributed by atoms with Crippen LogP contribution in [-0.4, -0.2) is 18.1 Å². The van der Waals surface area contributed by atoms with Crippen molar-refractivity contribution in [3.8, 4) is 11.3 Å². The summed E-state index contributed by atoms with van der Waals surface area (Å²) in [4.78, 5) is 17.6.